The van der Waals surface area contributed by atoms with E-state index in [1.54, 1.807) is 0 Å². The molecule has 1 heterocycles. The number of hydrogen-bond acceptors (Lipinski definition) is 6. The second-order valence-electron chi connectivity index (χ2n) is 3.72. The molecule has 2 aromatic rings. The monoisotopic (exact) mass is 313 g/mol. The number of benzene rings is 1. The molecule has 5 N–H and O–H groups in total. The SMILES string of the molecule is NN=CC=C(N)n1cnc2c(O)c(Cl)cc(Cl)c2c1=O. The van der Waals surface area contributed by atoms with Crippen LogP contribution in [0.25, 0.3) is 16.7 Å². The molecule has 0 bridgehead atoms. The highest BCUT2D eigenvalue weighted by atomic mass is 35.5. The zero-order chi connectivity index (χ0) is 14.9. The molecule has 1 aromatic carbocycles. The molecular formula is C11H9Cl2N5O2. The van der Waals surface area contributed by atoms with Crippen molar-refractivity contribution in [2.24, 2.45) is 16.7 Å². The van der Waals surface area contributed by atoms with E-state index in [1.165, 1.54) is 18.4 Å². The van der Waals surface area contributed by atoms with E-state index in [9.17, 15) is 9.90 Å². The van der Waals surface area contributed by atoms with Crippen molar-refractivity contribution in [1.29, 1.82) is 0 Å². The quantitative estimate of drug-likeness (QED) is 0.436. The first-order chi connectivity index (χ1) is 9.47. The number of fused-ring (bicyclic) bond motifs is 1. The maximum Gasteiger partial charge on any atom is 0.268 e. The van der Waals surface area contributed by atoms with Gasteiger partial charge in [-0.05, 0) is 12.1 Å². The average molecular weight is 314 g/mol. The summed E-state index contributed by atoms with van der Waals surface area (Å²) in [5.74, 6) is 4.67. The third-order valence-corrected chi connectivity index (χ3v) is 3.11. The van der Waals surface area contributed by atoms with E-state index in [0.29, 0.717) is 0 Å². The van der Waals surface area contributed by atoms with Gasteiger partial charge in [-0.25, -0.2) is 4.98 Å². The van der Waals surface area contributed by atoms with Crippen LogP contribution >= 0.6 is 23.2 Å². The number of aromatic nitrogens is 2. The molecule has 1 aromatic heterocycles. The van der Waals surface area contributed by atoms with E-state index >= 15 is 0 Å². The van der Waals surface area contributed by atoms with Crippen LogP contribution in [0.4, 0.5) is 0 Å². The Hall–Kier alpha value is -2.25. The van der Waals surface area contributed by atoms with Crippen LogP contribution in [0.1, 0.15) is 0 Å². The zero-order valence-electron chi connectivity index (χ0n) is 9.92. The Labute approximate surface area is 122 Å². The standard InChI is InChI=1S/C11H9Cl2N5O2/c12-5-3-6(13)10(19)9-8(5)11(20)18(4-16-9)7(14)1-2-17-15/h1-4,19H,14-15H2. The van der Waals surface area contributed by atoms with Crippen molar-refractivity contribution < 1.29 is 5.11 Å². The Balaban J connectivity index is 2.82. The van der Waals surface area contributed by atoms with E-state index in [0.717, 1.165) is 10.9 Å². The largest absolute Gasteiger partial charge is 0.504 e. The molecule has 0 saturated heterocycles. The Bertz CT molecular complexity index is 797. The number of halogens is 2. The molecule has 0 amide bonds. The van der Waals surface area contributed by atoms with Gasteiger partial charge >= 0.3 is 0 Å². The molecule has 7 nitrogen and oxygen atoms in total. The maximum absolute atomic E-state index is 12.3. The number of rotatable bonds is 2. The lowest BCUT2D eigenvalue weighted by Crippen LogP contribution is -2.24. The van der Waals surface area contributed by atoms with Gasteiger partial charge in [0.05, 0.1) is 21.6 Å². The van der Waals surface area contributed by atoms with Crippen LogP contribution in [0.5, 0.6) is 5.75 Å². The molecule has 2 rings (SSSR count). The minimum absolute atomic E-state index is 0.00374. The highest BCUT2D eigenvalue weighted by Gasteiger charge is 2.15. The lowest BCUT2D eigenvalue weighted by molar-refractivity contribution is 0.480. The number of hydrazone groups is 1. The highest BCUT2D eigenvalue weighted by molar-refractivity contribution is 6.39. The van der Waals surface area contributed by atoms with Crippen LogP contribution in [0.3, 0.4) is 0 Å². The molecule has 0 spiro atoms. The van der Waals surface area contributed by atoms with Gasteiger partial charge in [-0.2, -0.15) is 5.10 Å². The van der Waals surface area contributed by atoms with Crippen LogP contribution in [0.2, 0.25) is 10.0 Å². The van der Waals surface area contributed by atoms with E-state index in [1.807, 2.05) is 0 Å². The molecule has 0 aliphatic rings. The first-order valence-electron chi connectivity index (χ1n) is 5.25. The molecule has 9 heteroatoms. The minimum Gasteiger partial charge on any atom is -0.504 e. The fraction of sp³-hybridized carbons (Fsp3) is 0. The summed E-state index contributed by atoms with van der Waals surface area (Å²) in [6.07, 6.45) is 3.68. The summed E-state index contributed by atoms with van der Waals surface area (Å²) in [6, 6.07) is 1.26. The summed E-state index contributed by atoms with van der Waals surface area (Å²) >= 11 is 11.7. The lowest BCUT2D eigenvalue weighted by atomic mass is 10.2. The van der Waals surface area contributed by atoms with E-state index in [2.05, 4.69) is 10.1 Å². The molecule has 0 atom stereocenters. The summed E-state index contributed by atoms with van der Waals surface area (Å²) in [7, 11) is 0. The van der Waals surface area contributed by atoms with Crippen molar-refractivity contribution in [3.8, 4) is 5.75 Å². The van der Waals surface area contributed by atoms with Crippen molar-refractivity contribution in [2.75, 3.05) is 0 Å². The molecule has 0 aliphatic carbocycles. The first kappa shape index (κ1) is 14.2. The number of allylic oxidation sites excluding steroid dienone is 1. The smallest absolute Gasteiger partial charge is 0.268 e. The second-order valence-corrected chi connectivity index (χ2v) is 4.54. The number of aromatic hydroxyl groups is 1. The van der Waals surface area contributed by atoms with Gasteiger partial charge in [0, 0.05) is 0 Å². The average Bonchev–Trinajstić information content (AvgIpc) is 2.41. The minimum atomic E-state index is -0.550. The topological polar surface area (TPSA) is 120 Å². The zero-order valence-corrected chi connectivity index (χ0v) is 11.4. The number of phenolic OH excluding ortho intramolecular Hbond substituents is 1. The van der Waals surface area contributed by atoms with Gasteiger partial charge in [-0.15, -0.1) is 0 Å². The number of nitrogens with two attached hydrogens (primary N) is 2. The lowest BCUT2D eigenvalue weighted by Gasteiger charge is -2.08. The van der Waals surface area contributed by atoms with Gasteiger partial charge in [0.1, 0.15) is 17.7 Å². The normalized spacial score (nSPS) is 12.4. The number of nitrogens with zero attached hydrogens (tertiary/aromatic N) is 3. The Kier molecular flexibility index (Phi) is 3.82. The fourth-order valence-corrected chi connectivity index (χ4v) is 2.13. The molecule has 0 radical (unpaired) electrons. The van der Waals surface area contributed by atoms with Gasteiger partial charge in [0.15, 0.2) is 5.75 Å². The van der Waals surface area contributed by atoms with E-state index in [4.69, 9.17) is 34.8 Å². The summed E-state index contributed by atoms with van der Waals surface area (Å²) in [5.41, 5.74) is 5.15. The van der Waals surface area contributed by atoms with Crippen molar-refractivity contribution in [2.45, 2.75) is 0 Å². The predicted octanol–water partition coefficient (Wildman–Crippen LogP) is 1.11. The van der Waals surface area contributed by atoms with E-state index < -0.39 is 5.56 Å². The molecule has 0 fully saturated rings. The third-order valence-electron chi connectivity index (χ3n) is 2.52. The molecule has 20 heavy (non-hydrogen) atoms. The summed E-state index contributed by atoms with van der Waals surface area (Å²) in [6.45, 7) is 0. The van der Waals surface area contributed by atoms with Crippen LogP contribution in [0.15, 0.2) is 28.4 Å². The molecular weight excluding hydrogens is 305 g/mol. The van der Waals surface area contributed by atoms with Crippen molar-refractivity contribution in [3.05, 3.63) is 38.9 Å². The molecule has 0 saturated carbocycles. The van der Waals surface area contributed by atoms with Gasteiger partial charge in [-0.3, -0.25) is 9.36 Å². The Morgan fingerprint density at radius 2 is 2.15 bits per heavy atom. The third kappa shape index (κ3) is 2.28. The van der Waals surface area contributed by atoms with E-state index in [-0.39, 0.29) is 32.5 Å². The second kappa shape index (κ2) is 5.40. The maximum atomic E-state index is 12.3. The number of hydrogen-bond donors (Lipinski definition) is 3. The van der Waals surface area contributed by atoms with Gasteiger partial charge in [-0.1, -0.05) is 23.2 Å². The van der Waals surface area contributed by atoms with Gasteiger partial charge < -0.3 is 16.7 Å². The summed E-state index contributed by atoms with van der Waals surface area (Å²) in [4.78, 5) is 16.2. The van der Waals surface area contributed by atoms with Crippen LogP contribution in [-0.4, -0.2) is 20.9 Å². The van der Waals surface area contributed by atoms with Crippen LogP contribution in [-0.2, 0) is 0 Å². The van der Waals surface area contributed by atoms with Gasteiger partial charge in [0.2, 0.25) is 0 Å². The Morgan fingerprint density at radius 1 is 1.45 bits per heavy atom. The van der Waals surface area contributed by atoms with Crippen molar-refractivity contribution in [1.82, 2.24) is 9.55 Å². The molecule has 0 aliphatic heterocycles. The summed E-state index contributed by atoms with van der Waals surface area (Å²) < 4.78 is 1.04. The predicted molar refractivity (Wildman–Crippen MR) is 78.8 cm³/mol. The highest BCUT2D eigenvalue weighted by Crippen LogP contribution is 2.34. The van der Waals surface area contributed by atoms with Gasteiger partial charge in [0.25, 0.3) is 5.56 Å². The summed E-state index contributed by atoms with van der Waals surface area (Å²) in [5, 5.41) is 13.1. The van der Waals surface area contributed by atoms with Crippen molar-refractivity contribution >= 4 is 46.1 Å². The first-order valence-corrected chi connectivity index (χ1v) is 6.00. The molecule has 104 valence electrons. The number of phenols is 1. The van der Waals surface area contributed by atoms with Crippen LogP contribution < -0.4 is 17.1 Å². The van der Waals surface area contributed by atoms with Crippen molar-refractivity contribution in [3.63, 3.8) is 0 Å². The Morgan fingerprint density at radius 3 is 2.80 bits per heavy atom. The van der Waals surface area contributed by atoms with Crippen LogP contribution in [0, 0.1) is 0 Å². The fourth-order valence-electron chi connectivity index (χ4n) is 1.60. The molecule has 0 unspecified atom stereocenters.